The molecule has 0 bridgehead atoms. The van der Waals surface area contributed by atoms with Crippen molar-refractivity contribution >= 4 is 13.7 Å². The van der Waals surface area contributed by atoms with Gasteiger partial charge in [-0.2, -0.15) is 0 Å². The Bertz CT molecular complexity index is 1340. The zero-order valence-electron chi connectivity index (χ0n) is 56.2. The van der Waals surface area contributed by atoms with E-state index in [1.165, 1.54) is 340 Å². The molecule has 82 heavy (non-hydrogen) atoms. The summed E-state index contributed by atoms with van der Waals surface area (Å²) in [7, 11) is 1.29. The zero-order chi connectivity index (χ0) is 59.8. The summed E-state index contributed by atoms with van der Waals surface area (Å²) in [5, 5.41) is 14.0. The molecule has 0 aliphatic heterocycles. The molecule has 0 spiro atoms. The molecule has 1 amide bonds. The van der Waals surface area contributed by atoms with Crippen LogP contribution in [0.1, 0.15) is 399 Å². The molecule has 9 heteroatoms. The number of phosphoric acid groups is 1. The van der Waals surface area contributed by atoms with Gasteiger partial charge < -0.3 is 28.8 Å². The van der Waals surface area contributed by atoms with Gasteiger partial charge in [0.15, 0.2) is 0 Å². The Morgan fingerprint density at radius 2 is 0.659 bits per heavy atom. The van der Waals surface area contributed by atoms with Crippen molar-refractivity contribution in [3.05, 3.63) is 12.2 Å². The Morgan fingerprint density at radius 3 is 0.915 bits per heavy atom. The van der Waals surface area contributed by atoms with Crippen LogP contribution in [0, 0.1) is 0 Å². The van der Waals surface area contributed by atoms with Crippen molar-refractivity contribution in [1.82, 2.24) is 5.32 Å². The zero-order valence-corrected chi connectivity index (χ0v) is 57.1. The number of phosphoric ester groups is 1. The molecule has 0 aromatic carbocycles. The molecule has 490 valence electrons. The first kappa shape index (κ1) is 81.2. The number of carbonyl (C=O) groups excluding carboxylic acids is 1. The second kappa shape index (κ2) is 64.7. The van der Waals surface area contributed by atoms with Crippen LogP contribution in [0.15, 0.2) is 12.2 Å². The molecule has 0 aromatic rings. The van der Waals surface area contributed by atoms with Crippen LogP contribution in [0.25, 0.3) is 0 Å². The second-order valence-corrected chi connectivity index (χ2v) is 28.4. The van der Waals surface area contributed by atoms with E-state index in [4.69, 9.17) is 9.05 Å². The van der Waals surface area contributed by atoms with Gasteiger partial charge in [0.1, 0.15) is 13.2 Å². The third kappa shape index (κ3) is 66.8. The van der Waals surface area contributed by atoms with Gasteiger partial charge in [-0.05, 0) is 19.3 Å². The van der Waals surface area contributed by atoms with E-state index in [9.17, 15) is 19.4 Å². The van der Waals surface area contributed by atoms with Gasteiger partial charge in [0, 0.05) is 6.42 Å². The standard InChI is InChI=1S/C73H147N2O6P/c1-6-8-10-12-14-16-18-20-22-24-26-28-30-32-34-36-38-40-42-44-46-48-50-52-54-56-58-60-62-64-66-72(76)71(70-81-82(78,79)80-69-68-75(3,4)5)74-73(77)67-65-63-61-59-57-55-53-51-49-47-45-43-41-39-37-35-33-31-29-27-25-23-21-19-17-15-13-11-9-7-2/h64,66,71-72,76H,6-63,65,67-70H2,1-5H3,(H-,74,77,78,79)/b66-64+. The highest BCUT2D eigenvalue weighted by molar-refractivity contribution is 7.45. The lowest BCUT2D eigenvalue weighted by Gasteiger charge is -2.29. The number of quaternary nitrogens is 1. The number of aliphatic hydroxyl groups is 1. The number of nitrogens with one attached hydrogen (secondary N) is 1. The number of unbranched alkanes of at least 4 members (excludes halogenated alkanes) is 57. The maximum Gasteiger partial charge on any atom is 0.268 e. The molecular weight excluding hydrogens is 1030 g/mol. The first-order chi connectivity index (χ1) is 40.0. The molecule has 0 fully saturated rings. The molecule has 0 rings (SSSR count). The Labute approximate surface area is 513 Å². The summed E-state index contributed by atoms with van der Waals surface area (Å²) < 4.78 is 23.5. The summed E-state index contributed by atoms with van der Waals surface area (Å²) in [6.07, 6.45) is 83.5. The number of hydrogen-bond acceptors (Lipinski definition) is 6. The van der Waals surface area contributed by atoms with Gasteiger partial charge in [0.05, 0.1) is 39.9 Å². The largest absolute Gasteiger partial charge is 0.756 e. The molecule has 3 atom stereocenters. The predicted molar refractivity (Wildman–Crippen MR) is 358 cm³/mol. The first-order valence-electron chi connectivity index (χ1n) is 37.1. The van der Waals surface area contributed by atoms with Crippen LogP contribution in [-0.2, 0) is 18.4 Å². The third-order valence-electron chi connectivity index (χ3n) is 17.5. The highest BCUT2D eigenvalue weighted by atomic mass is 31.2. The SMILES string of the molecule is CCCCCCCCCCCCCCCCCCCCCCCCCCCCCC/C=C/C(O)C(COP(=O)([O-])OCC[N+](C)(C)C)NC(=O)CCCCCCCCCCCCCCCCCCCCCCCCCCCCCCCC. The van der Waals surface area contributed by atoms with E-state index >= 15 is 0 Å². The van der Waals surface area contributed by atoms with Crippen molar-refractivity contribution in [3.63, 3.8) is 0 Å². The van der Waals surface area contributed by atoms with Crippen LogP contribution in [-0.4, -0.2) is 68.5 Å². The minimum absolute atomic E-state index is 0.00309. The molecule has 0 saturated carbocycles. The summed E-state index contributed by atoms with van der Waals surface area (Å²) >= 11 is 0. The maximum absolute atomic E-state index is 13.1. The monoisotopic (exact) mass is 1180 g/mol. The molecular formula is C73H147N2O6P. The summed E-state index contributed by atoms with van der Waals surface area (Å²) in [5.74, 6) is -0.186. The third-order valence-corrected chi connectivity index (χ3v) is 18.5. The molecule has 0 heterocycles. The topological polar surface area (TPSA) is 108 Å². The molecule has 0 saturated heterocycles. The van der Waals surface area contributed by atoms with E-state index in [1.54, 1.807) is 6.08 Å². The second-order valence-electron chi connectivity index (χ2n) is 27.0. The van der Waals surface area contributed by atoms with Gasteiger partial charge in [-0.3, -0.25) is 9.36 Å². The van der Waals surface area contributed by atoms with Crippen LogP contribution in [0.3, 0.4) is 0 Å². The van der Waals surface area contributed by atoms with Gasteiger partial charge in [0.2, 0.25) is 5.91 Å². The number of likely N-dealkylation sites (N-methyl/N-ethyl adjacent to an activating group) is 1. The van der Waals surface area contributed by atoms with Crippen molar-refractivity contribution in [2.24, 2.45) is 0 Å². The number of aliphatic hydroxyl groups excluding tert-OH is 1. The van der Waals surface area contributed by atoms with E-state index in [0.29, 0.717) is 17.4 Å². The summed E-state index contributed by atoms with van der Waals surface area (Å²) in [6.45, 7) is 4.73. The smallest absolute Gasteiger partial charge is 0.268 e. The molecule has 8 nitrogen and oxygen atoms in total. The summed E-state index contributed by atoms with van der Waals surface area (Å²) in [6, 6.07) is -0.884. The number of nitrogens with zero attached hydrogens (tertiary/aromatic N) is 1. The average molecular weight is 1180 g/mol. The van der Waals surface area contributed by atoms with E-state index in [1.807, 2.05) is 27.2 Å². The Balaban J connectivity index is 3.99. The molecule has 2 N–H and O–H groups in total. The van der Waals surface area contributed by atoms with Crippen molar-refractivity contribution in [2.45, 2.75) is 411 Å². The predicted octanol–water partition coefficient (Wildman–Crippen LogP) is 23.0. The number of allylic oxidation sites excluding steroid dienone is 1. The number of amides is 1. The molecule has 0 radical (unpaired) electrons. The van der Waals surface area contributed by atoms with Crippen LogP contribution < -0.4 is 10.2 Å². The van der Waals surface area contributed by atoms with Crippen LogP contribution >= 0.6 is 7.82 Å². The lowest BCUT2D eigenvalue weighted by atomic mass is 10.0. The van der Waals surface area contributed by atoms with E-state index in [-0.39, 0.29) is 19.1 Å². The minimum Gasteiger partial charge on any atom is -0.756 e. The van der Waals surface area contributed by atoms with Gasteiger partial charge in [-0.15, -0.1) is 0 Å². The van der Waals surface area contributed by atoms with E-state index in [0.717, 1.165) is 38.5 Å². The molecule has 0 aromatic heterocycles. The van der Waals surface area contributed by atoms with Gasteiger partial charge in [-0.25, -0.2) is 0 Å². The molecule has 0 aliphatic rings. The highest BCUT2D eigenvalue weighted by Crippen LogP contribution is 2.38. The molecule has 0 aliphatic carbocycles. The van der Waals surface area contributed by atoms with Crippen LogP contribution in [0.4, 0.5) is 0 Å². The van der Waals surface area contributed by atoms with Crippen LogP contribution in [0.2, 0.25) is 0 Å². The first-order valence-corrected chi connectivity index (χ1v) is 38.5. The average Bonchev–Trinajstić information content (AvgIpc) is 3.47. The normalized spacial score (nSPS) is 13.6. The number of hydrogen-bond donors (Lipinski definition) is 2. The van der Waals surface area contributed by atoms with E-state index in [2.05, 4.69) is 19.2 Å². The summed E-state index contributed by atoms with van der Waals surface area (Å²) in [5.41, 5.74) is 0. The van der Waals surface area contributed by atoms with Gasteiger partial charge in [0.25, 0.3) is 7.82 Å². The van der Waals surface area contributed by atoms with E-state index < -0.39 is 20.0 Å². The maximum atomic E-state index is 13.1. The summed E-state index contributed by atoms with van der Waals surface area (Å²) in [4.78, 5) is 25.7. The van der Waals surface area contributed by atoms with Crippen molar-refractivity contribution < 1.29 is 32.9 Å². The lowest BCUT2D eigenvalue weighted by molar-refractivity contribution is -0.870. The van der Waals surface area contributed by atoms with Crippen molar-refractivity contribution in [3.8, 4) is 0 Å². The molecule has 3 unspecified atom stereocenters. The fourth-order valence-electron chi connectivity index (χ4n) is 11.7. The van der Waals surface area contributed by atoms with Crippen LogP contribution in [0.5, 0.6) is 0 Å². The van der Waals surface area contributed by atoms with Crippen molar-refractivity contribution in [2.75, 3.05) is 40.9 Å². The van der Waals surface area contributed by atoms with Gasteiger partial charge in [-0.1, -0.05) is 386 Å². The lowest BCUT2D eigenvalue weighted by Crippen LogP contribution is -2.45. The Hall–Kier alpha value is -0.760. The Morgan fingerprint density at radius 1 is 0.415 bits per heavy atom. The van der Waals surface area contributed by atoms with Gasteiger partial charge >= 0.3 is 0 Å². The Kier molecular flexibility index (Phi) is 64.1. The fourth-order valence-corrected chi connectivity index (χ4v) is 12.5. The quantitative estimate of drug-likeness (QED) is 0.0272. The number of rotatable bonds is 70. The number of carbonyl (C=O) groups is 1. The van der Waals surface area contributed by atoms with Crippen molar-refractivity contribution in [1.29, 1.82) is 0 Å². The minimum atomic E-state index is -4.60. The fraction of sp³-hybridized carbons (Fsp3) is 0.959. The highest BCUT2D eigenvalue weighted by Gasteiger charge is 2.23.